The molecule has 0 radical (unpaired) electrons. The lowest BCUT2D eigenvalue weighted by Crippen LogP contribution is -1.78. The van der Waals surface area contributed by atoms with E-state index in [-0.39, 0.29) is 11.1 Å². The molecule has 1 aromatic heterocycles. The van der Waals surface area contributed by atoms with E-state index in [1.807, 2.05) is 0 Å². The van der Waals surface area contributed by atoms with Crippen LogP contribution in [0.25, 0.3) is 0 Å². The van der Waals surface area contributed by atoms with E-state index < -0.39 is 0 Å². The maximum atomic E-state index is 9.69. The Morgan fingerprint density at radius 2 is 2.50 bits per heavy atom. The van der Waals surface area contributed by atoms with Crippen LogP contribution in [0, 0.1) is 0 Å². The third kappa shape index (κ3) is 1.62. The van der Waals surface area contributed by atoms with Crippen molar-refractivity contribution in [1.82, 2.24) is 9.97 Å². The monoisotopic (exact) mass is 155 g/mol. The minimum Gasteiger partial charge on any atom is -0.226 e. The van der Waals surface area contributed by atoms with E-state index in [0.717, 1.165) is 0 Å². The number of carbonyl (C=O) groups excluding carboxylic acids is 1. The maximum absolute atomic E-state index is 9.69. The van der Waals surface area contributed by atoms with Crippen LogP contribution in [0.5, 0.6) is 0 Å². The summed E-state index contributed by atoms with van der Waals surface area (Å²) < 4.78 is 0. The second-order valence-electron chi connectivity index (χ2n) is 1.39. The predicted octanol–water partition coefficient (Wildman–Crippen LogP) is 1.10. The Bertz CT molecular complexity index is 282. The van der Waals surface area contributed by atoms with Crippen LogP contribution in [0.1, 0.15) is 0 Å². The van der Waals surface area contributed by atoms with Crippen molar-refractivity contribution >= 4 is 23.5 Å². The Morgan fingerprint density at radius 3 is 3.10 bits per heavy atom. The van der Waals surface area contributed by atoms with Gasteiger partial charge in [0.25, 0.3) is 0 Å². The Hall–Kier alpha value is -1.25. The highest BCUT2D eigenvalue weighted by molar-refractivity contribution is 6.28. The van der Waals surface area contributed by atoms with Crippen molar-refractivity contribution in [3.8, 4) is 0 Å². The average molecular weight is 156 g/mol. The molecule has 0 saturated carbocycles. The van der Waals surface area contributed by atoms with Crippen molar-refractivity contribution < 1.29 is 4.79 Å². The van der Waals surface area contributed by atoms with Gasteiger partial charge in [-0.25, -0.2) is 9.78 Å². The average Bonchev–Trinajstić information content (AvgIpc) is 1.88. The number of isocyanates is 1. The van der Waals surface area contributed by atoms with Gasteiger partial charge in [-0.2, -0.15) is 4.98 Å². The zero-order valence-electron chi connectivity index (χ0n) is 4.78. The van der Waals surface area contributed by atoms with Crippen molar-refractivity contribution in [3.05, 3.63) is 17.5 Å². The lowest BCUT2D eigenvalue weighted by atomic mass is 10.6. The zero-order chi connectivity index (χ0) is 7.40. The number of aromatic nitrogens is 2. The first kappa shape index (κ1) is 6.86. The van der Waals surface area contributed by atoms with Gasteiger partial charge in [-0.15, -0.1) is 4.99 Å². The van der Waals surface area contributed by atoms with Gasteiger partial charge in [0.1, 0.15) is 0 Å². The SMILES string of the molecule is O=C=Nc1ccnc(Cl)n1. The molecule has 1 aromatic rings. The summed E-state index contributed by atoms with van der Waals surface area (Å²) in [5.41, 5.74) is 0. The van der Waals surface area contributed by atoms with Crippen molar-refractivity contribution in [3.63, 3.8) is 0 Å². The normalized spacial score (nSPS) is 8.50. The Labute approximate surface area is 61.6 Å². The van der Waals surface area contributed by atoms with Gasteiger partial charge in [0.2, 0.25) is 11.4 Å². The van der Waals surface area contributed by atoms with E-state index in [4.69, 9.17) is 11.6 Å². The molecule has 1 heterocycles. The Balaban J connectivity index is 3.06. The van der Waals surface area contributed by atoms with E-state index in [0.29, 0.717) is 0 Å². The molecule has 0 N–H and O–H groups in total. The molecule has 5 heteroatoms. The summed E-state index contributed by atoms with van der Waals surface area (Å²) in [6.07, 6.45) is 2.75. The minimum absolute atomic E-state index is 0.0662. The van der Waals surface area contributed by atoms with Crippen LogP contribution in [0.4, 0.5) is 5.82 Å². The number of halogens is 1. The van der Waals surface area contributed by atoms with E-state index in [1.165, 1.54) is 18.3 Å². The van der Waals surface area contributed by atoms with Crippen molar-refractivity contribution in [2.75, 3.05) is 0 Å². The van der Waals surface area contributed by atoms with Crippen LogP contribution in [-0.4, -0.2) is 16.0 Å². The van der Waals surface area contributed by atoms with Crippen LogP contribution in [0.15, 0.2) is 17.3 Å². The number of nitrogens with zero attached hydrogens (tertiary/aromatic N) is 3. The molecule has 0 atom stereocenters. The van der Waals surface area contributed by atoms with Gasteiger partial charge < -0.3 is 0 Å². The smallest absolute Gasteiger partial charge is 0.226 e. The highest BCUT2D eigenvalue weighted by atomic mass is 35.5. The molecule has 0 aliphatic rings. The largest absolute Gasteiger partial charge is 0.242 e. The fraction of sp³-hybridized carbons (Fsp3) is 0. The van der Waals surface area contributed by atoms with Gasteiger partial charge >= 0.3 is 0 Å². The number of hydrogen-bond acceptors (Lipinski definition) is 4. The second-order valence-corrected chi connectivity index (χ2v) is 1.73. The van der Waals surface area contributed by atoms with Crippen LogP contribution in [0.2, 0.25) is 5.28 Å². The van der Waals surface area contributed by atoms with E-state index >= 15 is 0 Å². The lowest BCUT2D eigenvalue weighted by Gasteiger charge is -1.86. The number of hydrogen-bond donors (Lipinski definition) is 0. The van der Waals surface area contributed by atoms with Crippen molar-refractivity contribution in [2.24, 2.45) is 4.99 Å². The second kappa shape index (κ2) is 3.06. The number of aliphatic imine (C=N–C) groups is 1. The number of rotatable bonds is 1. The summed E-state index contributed by atoms with van der Waals surface area (Å²) in [5, 5.41) is 0.0662. The summed E-state index contributed by atoms with van der Waals surface area (Å²) in [5.74, 6) is 0.218. The molecule has 1 rings (SSSR count). The molecule has 0 spiro atoms. The zero-order valence-corrected chi connectivity index (χ0v) is 5.54. The third-order valence-electron chi connectivity index (χ3n) is 0.772. The summed E-state index contributed by atoms with van der Waals surface area (Å²) in [6, 6.07) is 1.46. The lowest BCUT2D eigenvalue weighted by molar-refractivity contribution is 0.565. The van der Waals surface area contributed by atoms with Gasteiger partial charge in [-0.3, -0.25) is 0 Å². The summed E-state index contributed by atoms with van der Waals surface area (Å²) in [6.45, 7) is 0. The van der Waals surface area contributed by atoms with E-state index in [9.17, 15) is 4.79 Å². The molecule has 10 heavy (non-hydrogen) atoms. The fourth-order valence-corrected chi connectivity index (χ4v) is 0.578. The van der Waals surface area contributed by atoms with Gasteiger partial charge in [0, 0.05) is 12.3 Å². The molecular weight excluding hydrogens is 154 g/mol. The van der Waals surface area contributed by atoms with Crippen LogP contribution in [-0.2, 0) is 4.79 Å². The van der Waals surface area contributed by atoms with Crippen molar-refractivity contribution in [2.45, 2.75) is 0 Å². The third-order valence-corrected chi connectivity index (χ3v) is 0.954. The molecule has 0 amide bonds. The van der Waals surface area contributed by atoms with Crippen LogP contribution >= 0.6 is 11.6 Å². The summed E-state index contributed by atoms with van der Waals surface area (Å²) in [7, 11) is 0. The summed E-state index contributed by atoms with van der Waals surface area (Å²) >= 11 is 5.37. The highest BCUT2D eigenvalue weighted by Crippen LogP contribution is 2.07. The first-order chi connectivity index (χ1) is 4.83. The predicted molar refractivity (Wildman–Crippen MR) is 34.8 cm³/mol. The van der Waals surface area contributed by atoms with Crippen molar-refractivity contribution in [1.29, 1.82) is 0 Å². The standard InChI is InChI=1S/C5H2ClN3O/c6-5-7-2-1-4(9-5)8-3-10/h1-2H. The molecule has 0 aliphatic heterocycles. The van der Waals surface area contributed by atoms with Gasteiger partial charge in [0.05, 0.1) is 0 Å². The first-order valence-electron chi connectivity index (χ1n) is 2.39. The molecule has 50 valence electrons. The van der Waals surface area contributed by atoms with Crippen LogP contribution in [0.3, 0.4) is 0 Å². The van der Waals surface area contributed by atoms with Crippen LogP contribution < -0.4 is 0 Å². The van der Waals surface area contributed by atoms with Gasteiger partial charge in [-0.1, -0.05) is 0 Å². The molecule has 0 fully saturated rings. The molecule has 4 nitrogen and oxygen atoms in total. The Morgan fingerprint density at radius 1 is 1.70 bits per heavy atom. The van der Waals surface area contributed by atoms with Gasteiger partial charge in [-0.05, 0) is 11.6 Å². The van der Waals surface area contributed by atoms with E-state index in [1.54, 1.807) is 0 Å². The molecule has 0 unspecified atom stereocenters. The molecule has 0 aromatic carbocycles. The topological polar surface area (TPSA) is 55.2 Å². The summed E-state index contributed by atoms with van der Waals surface area (Å²) in [4.78, 5) is 20.1. The molecular formula is C5H2ClN3O. The van der Waals surface area contributed by atoms with Gasteiger partial charge in [0.15, 0.2) is 5.82 Å². The quantitative estimate of drug-likeness (QED) is 0.347. The van der Waals surface area contributed by atoms with E-state index in [2.05, 4.69) is 15.0 Å². The highest BCUT2D eigenvalue weighted by Gasteiger charge is 1.91. The molecule has 0 aliphatic carbocycles. The maximum Gasteiger partial charge on any atom is 0.242 e. The Kier molecular flexibility index (Phi) is 2.10. The fourth-order valence-electron chi connectivity index (χ4n) is 0.435. The molecule has 0 saturated heterocycles. The minimum atomic E-state index is 0.0662. The first-order valence-corrected chi connectivity index (χ1v) is 2.77. The molecule has 0 bridgehead atoms.